The van der Waals surface area contributed by atoms with Gasteiger partial charge in [-0.1, -0.05) is 0 Å². The van der Waals surface area contributed by atoms with E-state index in [0.717, 1.165) is 37.1 Å². The Morgan fingerprint density at radius 2 is 1.69 bits per heavy atom. The van der Waals surface area contributed by atoms with Crippen LogP contribution < -0.4 is 15.5 Å². The molecule has 1 aromatic carbocycles. The van der Waals surface area contributed by atoms with E-state index in [1.165, 1.54) is 0 Å². The van der Waals surface area contributed by atoms with Crippen molar-refractivity contribution >= 4 is 27.4 Å². The number of sulfone groups is 1. The summed E-state index contributed by atoms with van der Waals surface area (Å²) in [4.78, 5) is 24.1. The zero-order valence-electron chi connectivity index (χ0n) is 20.7. The number of amides is 2. The average molecular weight is 512 g/mol. The van der Waals surface area contributed by atoms with Crippen molar-refractivity contribution in [3.63, 3.8) is 0 Å². The van der Waals surface area contributed by atoms with Crippen molar-refractivity contribution in [3.8, 4) is 11.4 Å². The van der Waals surface area contributed by atoms with Crippen molar-refractivity contribution < 1.29 is 17.9 Å². The van der Waals surface area contributed by atoms with Crippen LogP contribution in [0.3, 0.4) is 0 Å². The van der Waals surface area contributed by atoms with Crippen molar-refractivity contribution in [3.05, 3.63) is 36.0 Å². The smallest absolute Gasteiger partial charge is 0.319 e. The lowest BCUT2D eigenvalue weighted by atomic mass is 10.1. The maximum absolute atomic E-state index is 13.4. The average Bonchev–Trinajstić information content (AvgIpc) is 3.68. The fourth-order valence-electron chi connectivity index (χ4n) is 5.17. The van der Waals surface area contributed by atoms with Crippen LogP contribution in [0.1, 0.15) is 58.1 Å². The van der Waals surface area contributed by atoms with Gasteiger partial charge in [0.25, 0.3) is 0 Å². The molecule has 2 amide bonds. The molecule has 2 aromatic rings. The van der Waals surface area contributed by atoms with Crippen LogP contribution in [0.25, 0.3) is 11.4 Å². The summed E-state index contributed by atoms with van der Waals surface area (Å²) in [5.41, 5.74) is 2.06. The molecule has 2 atom stereocenters. The highest BCUT2D eigenvalue weighted by atomic mass is 32.2. The molecule has 9 nitrogen and oxygen atoms in total. The number of nitrogens with zero attached hydrogens (tertiary/aromatic N) is 3. The van der Waals surface area contributed by atoms with Crippen LogP contribution in [0.5, 0.6) is 0 Å². The fraction of sp³-hybridized carbons (Fsp3) is 0.577. The predicted molar refractivity (Wildman–Crippen MR) is 138 cm³/mol. The minimum atomic E-state index is -3.29. The number of urea groups is 1. The van der Waals surface area contributed by atoms with Gasteiger partial charge in [-0.15, -0.1) is 0 Å². The standard InChI is InChI=1S/C26H33N5O4S/c1-16-14-35-15-17(2)31(16)23-13-22(26(11-12-26)36(33,34)21-9-10-21)29-24(30-23)18-3-5-19(6-4-18)27-25(32)28-20-7-8-20/h3-6,13,16-17,20-21H,7-12,14-15H2,1-2H3,(H2,27,28,32)/t16-,17-/m0/s1. The lowest BCUT2D eigenvalue weighted by Gasteiger charge is -2.40. The number of benzene rings is 1. The van der Waals surface area contributed by atoms with Crippen molar-refractivity contribution in [1.29, 1.82) is 0 Å². The molecular formula is C26H33N5O4S. The lowest BCUT2D eigenvalue weighted by molar-refractivity contribution is 0.0752. The molecule has 10 heteroatoms. The second-order valence-electron chi connectivity index (χ2n) is 10.8. The van der Waals surface area contributed by atoms with E-state index in [1.54, 1.807) is 0 Å². The van der Waals surface area contributed by atoms with Gasteiger partial charge >= 0.3 is 6.03 Å². The number of hydrogen-bond donors (Lipinski definition) is 2. The highest BCUT2D eigenvalue weighted by Gasteiger charge is 2.61. The number of hydrogen-bond acceptors (Lipinski definition) is 7. The maximum Gasteiger partial charge on any atom is 0.319 e. The molecule has 192 valence electrons. The van der Waals surface area contributed by atoms with Gasteiger partial charge in [-0.25, -0.2) is 23.2 Å². The van der Waals surface area contributed by atoms with Gasteiger partial charge < -0.3 is 20.3 Å². The normalized spacial score (nSPS) is 25.3. The summed E-state index contributed by atoms with van der Waals surface area (Å²) in [6, 6.07) is 9.58. The Kier molecular flexibility index (Phi) is 5.71. The monoisotopic (exact) mass is 511 g/mol. The maximum atomic E-state index is 13.4. The number of ether oxygens (including phenoxy) is 1. The number of nitrogens with one attached hydrogen (secondary N) is 2. The van der Waals surface area contributed by atoms with Crippen LogP contribution >= 0.6 is 0 Å². The molecule has 0 bridgehead atoms. The Labute approximate surface area is 212 Å². The molecular weight excluding hydrogens is 478 g/mol. The first-order valence-corrected chi connectivity index (χ1v) is 14.5. The SMILES string of the molecule is C[C@H]1COC[C@H](C)N1c1cc(C2(S(=O)(=O)C3CC3)CC2)nc(-c2ccc(NC(=O)NC3CC3)cc2)n1. The van der Waals surface area contributed by atoms with E-state index in [4.69, 9.17) is 14.7 Å². The van der Waals surface area contributed by atoms with Crippen LogP contribution in [0, 0.1) is 0 Å². The lowest BCUT2D eigenvalue weighted by Crippen LogP contribution is -2.50. The number of anilines is 2. The first-order chi connectivity index (χ1) is 17.3. The Morgan fingerprint density at radius 3 is 2.28 bits per heavy atom. The second-order valence-corrected chi connectivity index (χ2v) is 13.3. The summed E-state index contributed by atoms with van der Waals surface area (Å²) in [6.07, 6.45) is 4.76. The third-order valence-electron chi connectivity index (χ3n) is 7.64. The van der Waals surface area contributed by atoms with Crippen LogP contribution in [-0.4, -0.2) is 61.0 Å². The molecule has 3 saturated carbocycles. The van der Waals surface area contributed by atoms with Gasteiger partial charge in [0.1, 0.15) is 10.6 Å². The van der Waals surface area contributed by atoms with Crippen LogP contribution in [0.2, 0.25) is 0 Å². The Hall–Kier alpha value is -2.72. The molecule has 1 saturated heterocycles. The Balaban J connectivity index is 1.36. The summed E-state index contributed by atoms with van der Waals surface area (Å²) in [6.45, 7) is 5.37. The molecule has 0 radical (unpaired) electrons. The van der Waals surface area contributed by atoms with Crippen LogP contribution in [0.15, 0.2) is 30.3 Å². The second kappa shape index (κ2) is 8.69. The van der Waals surface area contributed by atoms with Gasteiger partial charge in [-0.05, 0) is 76.6 Å². The van der Waals surface area contributed by atoms with Crippen molar-refractivity contribution in [2.24, 2.45) is 0 Å². The third kappa shape index (κ3) is 4.34. The molecule has 1 aromatic heterocycles. The molecule has 3 aliphatic carbocycles. The number of carbonyl (C=O) groups excluding carboxylic acids is 1. The van der Waals surface area contributed by atoms with Crippen molar-refractivity contribution in [1.82, 2.24) is 15.3 Å². The number of rotatable bonds is 7. The zero-order chi connectivity index (χ0) is 25.1. The molecule has 2 heterocycles. The van der Waals surface area contributed by atoms with Gasteiger partial charge in [0.15, 0.2) is 15.7 Å². The highest BCUT2D eigenvalue weighted by molar-refractivity contribution is 7.93. The van der Waals surface area contributed by atoms with Crippen LogP contribution in [0.4, 0.5) is 16.3 Å². The zero-order valence-corrected chi connectivity index (χ0v) is 21.6. The van der Waals surface area contributed by atoms with Gasteiger partial charge in [-0.3, -0.25) is 0 Å². The molecule has 4 aliphatic rings. The first-order valence-electron chi connectivity index (χ1n) is 12.9. The van der Waals surface area contributed by atoms with E-state index in [0.29, 0.717) is 43.3 Å². The predicted octanol–water partition coefficient (Wildman–Crippen LogP) is 3.61. The summed E-state index contributed by atoms with van der Waals surface area (Å²) in [5, 5.41) is 5.53. The Morgan fingerprint density at radius 1 is 1.03 bits per heavy atom. The summed E-state index contributed by atoms with van der Waals surface area (Å²) >= 11 is 0. The number of carbonyl (C=O) groups is 1. The van der Waals surface area contributed by atoms with Crippen molar-refractivity contribution in [2.45, 2.75) is 80.5 Å². The third-order valence-corrected chi connectivity index (χ3v) is 10.7. The van der Waals surface area contributed by atoms with E-state index in [-0.39, 0.29) is 29.4 Å². The molecule has 36 heavy (non-hydrogen) atoms. The largest absolute Gasteiger partial charge is 0.377 e. The topological polar surface area (TPSA) is 114 Å². The van der Waals surface area contributed by atoms with Gasteiger partial charge in [-0.2, -0.15) is 0 Å². The van der Waals surface area contributed by atoms with E-state index in [1.807, 2.05) is 30.3 Å². The van der Waals surface area contributed by atoms with E-state index < -0.39 is 14.6 Å². The minimum Gasteiger partial charge on any atom is -0.377 e. The summed E-state index contributed by atoms with van der Waals surface area (Å²) < 4.78 is 31.7. The number of morpholine rings is 1. The van der Waals surface area contributed by atoms with Gasteiger partial charge in [0, 0.05) is 23.4 Å². The molecule has 2 N–H and O–H groups in total. The minimum absolute atomic E-state index is 0.107. The van der Waals surface area contributed by atoms with E-state index in [9.17, 15) is 13.2 Å². The summed E-state index contributed by atoms with van der Waals surface area (Å²) in [7, 11) is -3.29. The first kappa shape index (κ1) is 23.7. The van der Waals surface area contributed by atoms with Gasteiger partial charge in [0.2, 0.25) is 0 Å². The molecule has 0 unspecified atom stereocenters. The quantitative estimate of drug-likeness (QED) is 0.584. The molecule has 1 aliphatic heterocycles. The van der Waals surface area contributed by atoms with Gasteiger partial charge in [0.05, 0.1) is 36.2 Å². The summed E-state index contributed by atoms with van der Waals surface area (Å²) in [5.74, 6) is 1.24. The molecule has 6 rings (SSSR count). The van der Waals surface area contributed by atoms with Crippen LogP contribution in [-0.2, 0) is 19.3 Å². The van der Waals surface area contributed by atoms with E-state index >= 15 is 0 Å². The highest BCUT2D eigenvalue weighted by Crippen LogP contribution is 2.57. The molecule has 0 spiro atoms. The fourth-order valence-corrected chi connectivity index (χ4v) is 7.63. The number of aromatic nitrogens is 2. The molecule has 4 fully saturated rings. The van der Waals surface area contributed by atoms with Crippen molar-refractivity contribution in [2.75, 3.05) is 23.4 Å². The van der Waals surface area contributed by atoms with E-state index in [2.05, 4.69) is 29.4 Å². The Bertz CT molecular complexity index is 1260.